The molecule has 0 bridgehead atoms. The van der Waals surface area contributed by atoms with E-state index in [2.05, 4.69) is 21.4 Å². The molecule has 2 aromatic heterocycles. The van der Waals surface area contributed by atoms with Crippen molar-refractivity contribution in [2.24, 2.45) is 0 Å². The predicted molar refractivity (Wildman–Crippen MR) is 114 cm³/mol. The van der Waals surface area contributed by atoms with Crippen LogP contribution in [0.15, 0.2) is 42.7 Å². The summed E-state index contributed by atoms with van der Waals surface area (Å²) in [5.41, 5.74) is 1.11. The molecule has 0 saturated carbocycles. The van der Waals surface area contributed by atoms with E-state index in [1.165, 1.54) is 0 Å². The SMILES string of the molecule is CC(C)(Cc1c[nH]c2c(Oc3ncccc3C#N)cccc12)NC(=O)OC(C)(C)C. The Labute approximate surface area is 176 Å². The number of benzene rings is 1. The normalized spacial score (nSPS) is 11.7. The standard InChI is InChI=1S/C23H26N4O3/c1-22(2,3)30-21(28)27-23(4,5)12-16-14-26-19-17(16)9-6-10-18(19)29-20-15(13-24)8-7-11-25-20/h6-11,14,26H,12H2,1-5H3,(H,27,28). The number of nitrogens with zero attached hydrogens (tertiary/aromatic N) is 2. The first-order valence-corrected chi connectivity index (χ1v) is 9.71. The third-order valence-corrected chi connectivity index (χ3v) is 4.33. The molecule has 2 heterocycles. The topological polar surface area (TPSA) is 100 Å². The van der Waals surface area contributed by atoms with Gasteiger partial charge in [-0.2, -0.15) is 5.26 Å². The van der Waals surface area contributed by atoms with Crippen molar-refractivity contribution in [1.29, 1.82) is 5.26 Å². The van der Waals surface area contributed by atoms with E-state index < -0.39 is 17.2 Å². The van der Waals surface area contributed by atoms with Crippen LogP contribution in [0.2, 0.25) is 0 Å². The first kappa shape index (κ1) is 21.2. The molecule has 0 saturated heterocycles. The summed E-state index contributed by atoms with van der Waals surface area (Å²) in [5.74, 6) is 0.836. The first-order chi connectivity index (χ1) is 14.1. The molecule has 3 rings (SSSR count). The molecule has 1 aromatic carbocycles. The van der Waals surface area contributed by atoms with Crippen molar-refractivity contribution < 1.29 is 14.3 Å². The number of carbonyl (C=O) groups is 1. The van der Waals surface area contributed by atoms with Gasteiger partial charge in [0.2, 0.25) is 5.88 Å². The number of nitriles is 1. The van der Waals surface area contributed by atoms with Gasteiger partial charge in [-0.05, 0) is 64.8 Å². The number of hydrogen-bond acceptors (Lipinski definition) is 5. The van der Waals surface area contributed by atoms with Gasteiger partial charge in [-0.3, -0.25) is 0 Å². The minimum atomic E-state index is -0.555. The highest BCUT2D eigenvalue weighted by Gasteiger charge is 2.26. The molecule has 0 aliphatic carbocycles. The zero-order chi connectivity index (χ0) is 21.9. The van der Waals surface area contributed by atoms with E-state index >= 15 is 0 Å². The molecule has 0 unspecified atom stereocenters. The molecule has 7 nitrogen and oxygen atoms in total. The number of amides is 1. The Kier molecular flexibility index (Phi) is 5.70. The molecule has 0 atom stereocenters. The zero-order valence-corrected chi connectivity index (χ0v) is 17.9. The number of fused-ring (bicyclic) bond motifs is 1. The number of ether oxygens (including phenoxy) is 2. The molecule has 3 aromatic rings. The Morgan fingerprint density at radius 3 is 2.67 bits per heavy atom. The van der Waals surface area contributed by atoms with Gasteiger partial charge in [0, 0.05) is 23.3 Å². The Hall–Kier alpha value is -3.53. The van der Waals surface area contributed by atoms with E-state index in [0.717, 1.165) is 16.5 Å². The number of carbonyl (C=O) groups excluding carboxylic acids is 1. The van der Waals surface area contributed by atoms with Gasteiger partial charge >= 0.3 is 6.09 Å². The minimum Gasteiger partial charge on any atom is -0.444 e. The van der Waals surface area contributed by atoms with Crippen LogP contribution >= 0.6 is 0 Å². The van der Waals surface area contributed by atoms with Crippen molar-refractivity contribution in [1.82, 2.24) is 15.3 Å². The van der Waals surface area contributed by atoms with Gasteiger partial charge in [-0.15, -0.1) is 0 Å². The molecule has 7 heteroatoms. The fourth-order valence-corrected chi connectivity index (χ4v) is 3.18. The van der Waals surface area contributed by atoms with Gasteiger partial charge in [-0.1, -0.05) is 12.1 Å². The lowest BCUT2D eigenvalue weighted by Gasteiger charge is -2.28. The van der Waals surface area contributed by atoms with Crippen molar-refractivity contribution in [2.45, 2.75) is 52.2 Å². The van der Waals surface area contributed by atoms with Crippen LogP contribution in [-0.2, 0) is 11.2 Å². The van der Waals surface area contributed by atoms with Crippen LogP contribution in [0.1, 0.15) is 45.7 Å². The first-order valence-electron chi connectivity index (χ1n) is 9.71. The summed E-state index contributed by atoms with van der Waals surface area (Å²) in [5, 5.41) is 13.2. The molecule has 2 N–H and O–H groups in total. The number of aromatic amines is 1. The second kappa shape index (κ2) is 8.07. The van der Waals surface area contributed by atoms with Crippen molar-refractivity contribution in [3.05, 3.63) is 53.9 Å². The van der Waals surface area contributed by atoms with Crippen molar-refractivity contribution in [3.8, 4) is 17.7 Å². The Bertz CT molecular complexity index is 1100. The molecule has 156 valence electrons. The van der Waals surface area contributed by atoms with Gasteiger partial charge in [0.15, 0.2) is 5.75 Å². The molecule has 0 radical (unpaired) electrons. The lowest BCUT2D eigenvalue weighted by molar-refractivity contribution is 0.0472. The average Bonchev–Trinajstić information content (AvgIpc) is 3.03. The molecule has 0 spiro atoms. The minimum absolute atomic E-state index is 0.260. The highest BCUT2D eigenvalue weighted by Crippen LogP contribution is 2.32. The number of hydrogen-bond donors (Lipinski definition) is 2. The van der Waals surface area contributed by atoms with Gasteiger partial charge in [0.05, 0.1) is 5.52 Å². The van der Waals surface area contributed by atoms with E-state index in [-0.39, 0.29) is 5.88 Å². The molecule has 1 amide bonds. The van der Waals surface area contributed by atoms with Crippen molar-refractivity contribution in [2.75, 3.05) is 0 Å². The zero-order valence-electron chi connectivity index (χ0n) is 17.9. The van der Waals surface area contributed by atoms with Gasteiger partial charge in [0.25, 0.3) is 0 Å². The van der Waals surface area contributed by atoms with Crippen LogP contribution in [0.4, 0.5) is 4.79 Å². The number of nitrogens with one attached hydrogen (secondary N) is 2. The molecule has 0 aliphatic rings. The smallest absolute Gasteiger partial charge is 0.408 e. The Morgan fingerprint density at radius 2 is 1.97 bits per heavy atom. The fourth-order valence-electron chi connectivity index (χ4n) is 3.18. The van der Waals surface area contributed by atoms with Crippen molar-refractivity contribution in [3.63, 3.8) is 0 Å². The maximum absolute atomic E-state index is 12.2. The van der Waals surface area contributed by atoms with Crippen LogP contribution in [0, 0.1) is 11.3 Å². The maximum atomic E-state index is 12.2. The summed E-state index contributed by atoms with van der Waals surface area (Å²) < 4.78 is 11.3. The predicted octanol–water partition coefficient (Wildman–Crippen LogP) is 5.07. The maximum Gasteiger partial charge on any atom is 0.408 e. The Morgan fingerprint density at radius 1 is 1.20 bits per heavy atom. The summed E-state index contributed by atoms with van der Waals surface area (Å²) in [4.78, 5) is 19.6. The van der Waals surface area contributed by atoms with Gasteiger partial charge in [0.1, 0.15) is 17.2 Å². The van der Waals surface area contributed by atoms with Crippen LogP contribution in [0.25, 0.3) is 10.9 Å². The fraction of sp³-hybridized carbons (Fsp3) is 0.348. The monoisotopic (exact) mass is 406 g/mol. The Balaban J connectivity index is 1.83. The average molecular weight is 406 g/mol. The second-order valence-corrected chi connectivity index (χ2v) is 8.75. The van der Waals surface area contributed by atoms with Crippen LogP contribution < -0.4 is 10.1 Å². The number of H-pyrrole nitrogens is 1. The lowest BCUT2D eigenvalue weighted by Crippen LogP contribution is -2.47. The largest absolute Gasteiger partial charge is 0.444 e. The number of alkyl carbamates (subject to hydrolysis) is 1. The van der Waals surface area contributed by atoms with Gasteiger partial charge in [-0.25, -0.2) is 9.78 Å². The van der Waals surface area contributed by atoms with Crippen LogP contribution in [0.3, 0.4) is 0 Å². The summed E-state index contributed by atoms with van der Waals surface area (Å²) >= 11 is 0. The van der Waals surface area contributed by atoms with E-state index in [1.54, 1.807) is 18.3 Å². The van der Waals surface area contributed by atoms with Crippen LogP contribution in [0.5, 0.6) is 11.6 Å². The number of rotatable bonds is 5. The molecule has 0 fully saturated rings. The van der Waals surface area contributed by atoms with Crippen LogP contribution in [-0.4, -0.2) is 27.2 Å². The number of pyridine rings is 1. The third kappa shape index (κ3) is 5.09. The lowest BCUT2D eigenvalue weighted by atomic mass is 9.95. The third-order valence-electron chi connectivity index (χ3n) is 4.33. The molecular weight excluding hydrogens is 380 g/mol. The highest BCUT2D eigenvalue weighted by molar-refractivity contribution is 5.88. The summed E-state index contributed by atoms with van der Waals surface area (Å²) in [6.07, 6.45) is 3.62. The second-order valence-electron chi connectivity index (χ2n) is 8.75. The van der Waals surface area contributed by atoms with E-state index in [1.807, 2.05) is 59.0 Å². The summed E-state index contributed by atoms with van der Waals surface area (Å²) in [6, 6.07) is 11.1. The summed E-state index contributed by atoms with van der Waals surface area (Å²) in [6.45, 7) is 9.40. The quantitative estimate of drug-likeness (QED) is 0.616. The highest BCUT2D eigenvalue weighted by atomic mass is 16.6. The molecule has 0 aliphatic heterocycles. The molecular formula is C23H26N4O3. The number of aromatic nitrogens is 2. The summed E-state index contributed by atoms with van der Waals surface area (Å²) in [7, 11) is 0. The van der Waals surface area contributed by atoms with Crippen molar-refractivity contribution >= 4 is 17.0 Å². The number of para-hydroxylation sites is 1. The van der Waals surface area contributed by atoms with E-state index in [9.17, 15) is 10.1 Å². The van der Waals surface area contributed by atoms with E-state index in [0.29, 0.717) is 17.7 Å². The molecule has 30 heavy (non-hydrogen) atoms. The van der Waals surface area contributed by atoms with E-state index in [4.69, 9.17) is 9.47 Å². The van der Waals surface area contributed by atoms with Gasteiger partial charge < -0.3 is 19.8 Å².